The Hall–Kier alpha value is -0.590. The van der Waals surface area contributed by atoms with Crippen molar-refractivity contribution >= 4 is 0 Å². The largest absolute Gasteiger partial charge is 0.377 e. The van der Waals surface area contributed by atoms with Gasteiger partial charge in [-0.25, -0.2) is 0 Å². The van der Waals surface area contributed by atoms with E-state index in [1.165, 1.54) is 12.8 Å². The monoisotopic (exact) mass is 182 g/mol. The average Bonchev–Trinajstić information content (AvgIpc) is 2.19. The molecule has 0 amide bonds. The highest BCUT2D eigenvalue weighted by Crippen LogP contribution is 2.13. The Morgan fingerprint density at radius 1 is 1.54 bits per heavy atom. The van der Waals surface area contributed by atoms with Gasteiger partial charge < -0.3 is 4.74 Å². The number of nitrogens with zero attached hydrogens (tertiary/aromatic N) is 2. The summed E-state index contributed by atoms with van der Waals surface area (Å²) in [6.45, 7) is 5.36. The van der Waals surface area contributed by atoms with Crippen LogP contribution in [0.2, 0.25) is 0 Å². The summed E-state index contributed by atoms with van der Waals surface area (Å²) < 4.78 is 5.61. The van der Waals surface area contributed by atoms with E-state index >= 15 is 0 Å². The van der Waals surface area contributed by atoms with Gasteiger partial charge >= 0.3 is 0 Å². The van der Waals surface area contributed by atoms with E-state index < -0.39 is 0 Å². The molecule has 3 nitrogen and oxygen atoms in total. The van der Waals surface area contributed by atoms with E-state index in [0.29, 0.717) is 12.6 Å². The summed E-state index contributed by atoms with van der Waals surface area (Å²) >= 11 is 0. The SMILES string of the molecule is CCN(CC#N)CC1CCCCO1. The molecule has 1 aliphatic rings. The molecule has 1 saturated heterocycles. The maximum atomic E-state index is 8.56. The van der Waals surface area contributed by atoms with E-state index in [-0.39, 0.29) is 0 Å². The molecule has 74 valence electrons. The first-order valence-electron chi connectivity index (χ1n) is 5.07. The number of ether oxygens (including phenoxy) is 1. The van der Waals surface area contributed by atoms with E-state index in [1.54, 1.807) is 0 Å². The Labute approximate surface area is 80.3 Å². The molecule has 1 aliphatic heterocycles. The minimum absolute atomic E-state index is 0.363. The van der Waals surface area contributed by atoms with Gasteiger partial charge in [-0.05, 0) is 25.8 Å². The van der Waals surface area contributed by atoms with Crippen molar-refractivity contribution in [2.75, 3.05) is 26.2 Å². The predicted octanol–water partition coefficient (Wildman–Crippen LogP) is 1.40. The molecular weight excluding hydrogens is 164 g/mol. The van der Waals surface area contributed by atoms with Gasteiger partial charge in [-0.15, -0.1) is 0 Å². The van der Waals surface area contributed by atoms with Crippen molar-refractivity contribution < 1.29 is 4.74 Å². The van der Waals surface area contributed by atoms with Crippen LogP contribution in [-0.4, -0.2) is 37.2 Å². The van der Waals surface area contributed by atoms with Crippen molar-refractivity contribution in [3.8, 4) is 6.07 Å². The maximum absolute atomic E-state index is 8.56. The topological polar surface area (TPSA) is 36.3 Å². The molecule has 1 rings (SSSR count). The van der Waals surface area contributed by atoms with E-state index in [2.05, 4.69) is 17.9 Å². The zero-order valence-electron chi connectivity index (χ0n) is 8.33. The van der Waals surface area contributed by atoms with Crippen LogP contribution in [0.5, 0.6) is 0 Å². The van der Waals surface area contributed by atoms with Gasteiger partial charge in [-0.1, -0.05) is 6.92 Å². The standard InChI is InChI=1S/C10H18N2O/c1-2-12(7-6-11)9-10-5-3-4-8-13-10/h10H,2-5,7-9H2,1H3. The molecule has 0 bridgehead atoms. The lowest BCUT2D eigenvalue weighted by molar-refractivity contribution is -0.00273. The number of likely N-dealkylation sites (N-methyl/N-ethyl adjacent to an activating group) is 1. The average molecular weight is 182 g/mol. The van der Waals surface area contributed by atoms with Crippen LogP contribution in [0.3, 0.4) is 0 Å². The third-order valence-corrected chi connectivity index (χ3v) is 2.48. The predicted molar refractivity (Wildman–Crippen MR) is 51.3 cm³/mol. The smallest absolute Gasteiger partial charge is 0.0866 e. The second-order valence-corrected chi connectivity index (χ2v) is 3.47. The normalized spacial score (nSPS) is 23.0. The van der Waals surface area contributed by atoms with Gasteiger partial charge in [-0.3, -0.25) is 4.90 Å². The van der Waals surface area contributed by atoms with Gasteiger partial charge in [0.2, 0.25) is 0 Å². The number of hydrogen-bond acceptors (Lipinski definition) is 3. The molecule has 1 atom stereocenters. The Kier molecular flexibility index (Phi) is 4.81. The third kappa shape index (κ3) is 3.75. The maximum Gasteiger partial charge on any atom is 0.0866 e. The van der Waals surface area contributed by atoms with Gasteiger partial charge in [0.05, 0.1) is 18.7 Å². The Bertz CT molecular complexity index is 170. The van der Waals surface area contributed by atoms with Gasteiger partial charge in [-0.2, -0.15) is 5.26 Å². The van der Waals surface area contributed by atoms with Crippen molar-refractivity contribution in [2.45, 2.75) is 32.3 Å². The van der Waals surface area contributed by atoms with Crippen LogP contribution >= 0.6 is 0 Å². The van der Waals surface area contributed by atoms with Crippen LogP contribution in [-0.2, 0) is 4.74 Å². The van der Waals surface area contributed by atoms with Crippen molar-refractivity contribution in [1.82, 2.24) is 4.90 Å². The zero-order chi connectivity index (χ0) is 9.52. The lowest BCUT2D eigenvalue weighted by Crippen LogP contribution is -2.35. The van der Waals surface area contributed by atoms with Crippen LogP contribution in [0.25, 0.3) is 0 Å². The molecule has 1 heterocycles. The molecule has 1 fully saturated rings. The molecule has 0 aliphatic carbocycles. The quantitative estimate of drug-likeness (QED) is 0.617. The molecule has 0 aromatic rings. The van der Waals surface area contributed by atoms with Gasteiger partial charge in [0.15, 0.2) is 0 Å². The van der Waals surface area contributed by atoms with Crippen molar-refractivity contribution in [3.05, 3.63) is 0 Å². The van der Waals surface area contributed by atoms with Gasteiger partial charge in [0.1, 0.15) is 0 Å². The number of hydrogen-bond donors (Lipinski definition) is 0. The number of rotatable bonds is 4. The van der Waals surface area contributed by atoms with E-state index in [1.807, 2.05) is 0 Å². The molecule has 0 saturated carbocycles. The highest BCUT2D eigenvalue weighted by atomic mass is 16.5. The Balaban J connectivity index is 2.23. The molecule has 1 unspecified atom stereocenters. The first kappa shape index (κ1) is 10.5. The van der Waals surface area contributed by atoms with Crippen LogP contribution < -0.4 is 0 Å². The fourth-order valence-corrected chi connectivity index (χ4v) is 1.64. The van der Waals surface area contributed by atoms with Gasteiger partial charge in [0.25, 0.3) is 0 Å². The summed E-state index contributed by atoms with van der Waals surface area (Å²) in [5.41, 5.74) is 0. The minimum atomic E-state index is 0.363. The highest BCUT2D eigenvalue weighted by molar-refractivity contribution is 4.78. The van der Waals surface area contributed by atoms with E-state index in [9.17, 15) is 0 Å². The molecule has 0 aromatic carbocycles. The van der Waals surface area contributed by atoms with Crippen LogP contribution in [0.4, 0.5) is 0 Å². The van der Waals surface area contributed by atoms with E-state index in [0.717, 1.165) is 26.1 Å². The lowest BCUT2D eigenvalue weighted by Gasteiger charge is -2.27. The molecule has 13 heavy (non-hydrogen) atoms. The fourth-order valence-electron chi connectivity index (χ4n) is 1.64. The Morgan fingerprint density at radius 3 is 2.92 bits per heavy atom. The molecule has 0 spiro atoms. The summed E-state index contributed by atoms with van der Waals surface area (Å²) in [5.74, 6) is 0. The van der Waals surface area contributed by atoms with Crippen molar-refractivity contribution in [3.63, 3.8) is 0 Å². The summed E-state index contributed by atoms with van der Waals surface area (Å²) in [4.78, 5) is 2.13. The molecular formula is C10H18N2O. The van der Waals surface area contributed by atoms with Crippen LogP contribution in [0, 0.1) is 11.3 Å². The number of nitriles is 1. The summed E-state index contributed by atoms with van der Waals surface area (Å²) in [6.07, 6.45) is 3.99. The second-order valence-electron chi connectivity index (χ2n) is 3.47. The summed E-state index contributed by atoms with van der Waals surface area (Å²) in [6, 6.07) is 2.18. The van der Waals surface area contributed by atoms with E-state index in [4.69, 9.17) is 10.00 Å². The first-order chi connectivity index (χ1) is 6.36. The van der Waals surface area contributed by atoms with Gasteiger partial charge in [0, 0.05) is 13.2 Å². The van der Waals surface area contributed by atoms with Crippen molar-refractivity contribution in [1.29, 1.82) is 5.26 Å². The second kappa shape index (κ2) is 5.95. The fraction of sp³-hybridized carbons (Fsp3) is 0.900. The third-order valence-electron chi connectivity index (χ3n) is 2.48. The van der Waals surface area contributed by atoms with Crippen LogP contribution in [0.15, 0.2) is 0 Å². The molecule has 3 heteroatoms. The Morgan fingerprint density at radius 2 is 2.38 bits per heavy atom. The van der Waals surface area contributed by atoms with Crippen molar-refractivity contribution in [2.24, 2.45) is 0 Å². The summed E-state index contributed by atoms with van der Waals surface area (Å²) in [7, 11) is 0. The molecule has 0 aromatic heterocycles. The van der Waals surface area contributed by atoms with Crippen LogP contribution in [0.1, 0.15) is 26.2 Å². The highest BCUT2D eigenvalue weighted by Gasteiger charge is 2.16. The minimum Gasteiger partial charge on any atom is -0.377 e. The first-order valence-corrected chi connectivity index (χ1v) is 5.07. The summed E-state index contributed by atoms with van der Waals surface area (Å²) in [5, 5.41) is 8.56. The lowest BCUT2D eigenvalue weighted by atomic mass is 10.1. The zero-order valence-corrected chi connectivity index (χ0v) is 8.33. The molecule has 0 radical (unpaired) electrons. The molecule has 0 N–H and O–H groups in total.